The van der Waals surface area contributed by atoms with E-state index in [0.717, 1.165) is 16.6 Å². The van der Waals surface area contributed by atoms with Crippen molar-refractivity contribution in [3.05, 3.63) is 146 Å². The summed E-state index contributed by atoms with van der Waals surface area (Å²) < 4.78 is 9.18. The molecule has 8 aromatic carbocycles. The molecule has 2 aromatic heterocycles. The lowest BCUT2D eigenvalue weighted by Crippen LogP contribution is -1.91. The van der Waals surface area contributed by atoms with Gasteiger partial charge in [-0.15, -0.1) is 11.3 Å². The molecular formula is C42H24OS. The van der Waals surface area contributed by atoms with E-state index >= 15 is 0 Å². The molecule has 0 saturated carbocycles. The number of benzene rings is 8. The minimum absolute atomic E-state index is 0.917. The Bertz CT molecular complexity index is 2720. The Morgan fingerprint density at radius 2 is 0.932 bits per heavy atom. The van der Waals surface area contributed by atoms with Crippen LogP contribution in [0.3, 0.4) is 0 Å². The minimum atomic E-state index is 0.917. The zero-order valence-electron chi connectivity index (χ0n) is 23.7. The van der Waals surface area contributed by atoms with Gasteiger partial charge >= 0.3 is 0 Å². The third-order valence-electron chi connectivity index (χ3n) is 9.24. The van der Waals surface area contributed by atoms with Crippen molar-refractivity contribution in [1.29, 1.82) is 0 Å². The van der Waals surface area contributed by atoms with E-state index in [1.54, 1.807) is 0 Å². The molecule has 0 aliphatic carbocycles. The first-order chi connectivity index (χ1) is 21.8. The first-order valence-corrected chi connectivity index (χ1v) is 15.8. The number of hydrogen-bond donors (Lipinski definition) is 0. The molecule has 0 atom stereocenters. The molecule has 10 rings (SSSR count). The van der Waals surface area contributed by atoms with Gasteiger partial charge in [-0.05, 0) is 73.3 Å². The predicted octanol–water partition coefficient (Wildman–Crippen LogP) is 12.7. The van der Waals surface area contributed by atoms with Crippen LogP contribution >= 0.6 is 11.3 Å². The smallest absolute Gasteiger partial charge is 0.136 e. The van der Waals surface area contributed by atoms with Gasteiger partial charge in [-0.25, -0.2) is 0 Å². The van der Waals surface area contributed by atoms with Crippen molar-refractivity contribution >= 4 is 85.8 Å². The molecule has 0 fully saturated rings. The number of furan rings is 1. The Kier molecular flexibility index (Phi) is 4.94. The third kappa shape index (κ3) is 3.29. The summed E-state index contributed by atoms with van der Waals surface area (Å²) in [5.41, 5.74) is 6.89. The fourth-order valence-corrected chi connectivity index (χ4v) is 8.60. The van der Waals surface area contributed by atoms with E-state index in [2.05, 4.69) is 146 Å². The highest BCUT2D eigenvalue weighted by molar-refractivity contribution is 7.26. The molecule has 44 heavy (non-hydrogen) atoms. The Hall–Kier alpha value is -5.44. The van der Waals surface area contributed by atoms with Crippen LogP contribution in [-0.4, -0.2) is 0 Å². The quantitative estimate of drug-likeness (QED) is 0.187. The average molecular weight is 577 g/mol. The Balaban J connectivity index is 1.36. The van der Waals surface area contributed by atoms with E-state index in [0.29, 0.717) is 0 Å². The largest absolute Gasteiger partial charge is 0.456 e. The molecule has 0 aliphatic heterocycles. The van der Waals surface area contributed by atoms with Crippen molar-refractivity contribution in [2.24, 2.45) is 0 Å². The van der Waals surface area contributed by atoms with Crippen molar-refractivity contribution in [2.45, 2.75) is 0 Å². The number of thiophene rings is 1. The molecule has 204 valence electrons. The molecule has 0 aliphatic rings. The first-order valence-electron chi connectivity index (χ1n) is 15.0. The van der Waals surface area contributed by atoms with Crippen molar-refractivity contribution in [3.63, 3.8) is 0 Å². The highest BCUT2D eigenvalue weighted by Gasteiger charge is 2.21. The molecule has 0 N–H and O–H groups in total. The molecule has 0 amide bonds. The molecule has 0 spiro atoms. The first kappa shape index (κ1) is 24.0. The Labute approximate surface area is 257 Å². The lowest BCUT2D eigenvalue weighted by molar-refractivity contribution is 0.669. The fraction of sp³-hybridized carbons (Fsp3) is 0. The SMILES string of the molecule is c1ccc2cc3c(cc2c1)oc1cccc(-c2c4ccccc4c(-c4cccc5c4sc4ccccc45)c4ccccc24)c13. The molecule has 0 radical (unpaired) electrons. The van der Waals surface area contributed by atoms with Gasteiger partial charge in [0, 0.05) is 36.5 Å². The number of rotatable bonds is 2. The highest BCUT2D eigenvalue weighted by atomic mass is 32.1. The summed E-state index contributed by atoms with van der Waals surface area (Å²) in [5.74, 6) is 0. The second-order valence-corrected chi connectivity index (χ2v) is 12.7. The number of hydrogen-bond acceptors (Lipinski definition) is 2. The highest BCUT2D eigenvalue weighted by Crippen LogP contribution is 2.49. The molecule has 0 unspecified atom stereocenters. The summed E-state index contributed by atoms with van der Waals surface area (Å²) >= 11 is 1.89. The van der Waals surface area contributed by atoms with Gasteiger partial charge in [0.2, 0.25) is 0 Å². The van der Waals surface area contributed by atoms with E-state index in [4.69, 9.17) is 4.42 Å². The maximum absolute atomic E-state index is 6.52. The predicted molar refractivity (Wildman–Crippen MR) is 190 cm³/mol. The van der Waals surface area contributed by atoms with Crippen molar-refractivity contribution < 1.29 is 4.42 Å². The fourth-order valence-electron chi connectivity index (χ4n) is 7.37. The van der Waals surface area contributed by atoms with Gasteiger partial charge in [0.25, 0.3) is 0 Å². The van der Waals surface area contributed by atoms with Crippen LogP contribution < -0.4 is 0 Å². The zero-order valence-corrected chi connectivity index (χ0v) is 24.5. The maximum atomic E-state index is 6.52. The van der Waals surface area contributed by atoms with Crippen molar-refractivity contribution in [2.75, 3.05) is 0 Å². The van der Waals surface area contributed by atoms with Gasteiger partial charge in [0.05, 0.1) is 0 Å². The van der Waals surface area contributed by atoms with Crippen LogP contribution in [0.4, 0.5) is 0 Å². The van der Waals surface area contributed by atoms with Gasteiger partial charge in [0.15, 0.2) is 0 Å². The van der Waals surface area contributed by atoms with Crippen LogP contribution in [0.25, 0.3) is 96.7 Å². The van der Waals surface area contributed by atoms with Gasteiger partial charge in [0.1, 0.15) is 11.2 Å². The van der Waals surface area contributed by atoms with E-state index in [-0.39, 0.29) is 0 Å². The van der Waals surface area contributed by atoms with Crippen LogP contribution in [0.5, 0.6) is 0 Å². The van der Waals surface area contributed by atoms with Crippen molar-refractivity contribution in [1.82, 2.24) is 0 Å². The molecule has 2 heteroatoms. The summed E-state index contributed by atoms with van der Waals surface area (Å²) in [6.07, 6.45) is 0. The standard InChI is InChI=1S/C42H24OS/c1-2-12-26-24-37-35(23-25(26)11-1)41-33(19-10-21-36(41)43-37)39-28-14-3-5-16-30(28)40(31-17-6-4-15-29(31)39)34-20-9-18-32-27-13-7-8-22-38(27)44-42(32)34/h1-24H. The maximum Gasteiger partial charge on any atom is 0.136 e. The zero-order chi connectivity index (χ0) is 28.8. The summed E-state index contributed by atoms with van der Waals surface area (Å²) in [6, 6.07) is 53.0. The summed E-state index contributed by atoms with van der Waals surface area (Å²) in [6.45, 7) is 0. The van der Waals surface area contributed by atoms with Gasteiger partial charge in [-0.1, -0.05) is 121 Å². The van der Waals surface area contributed by atoms with Crippen LogP contribution in [0.2, 0.25) is 0 Å². The van der Waals surface area contributed by atoms with E-state index in [1.165, 1.54) is 80.1 Å². The van der Waals surface area contributed by atoms with E-state index in [9.17, 15) is 0 Å². The second-order valence-electron chi connectivity index (χ2n) is 11.6. The summed E-state index contributed by atoms with van der Waals surface area (Å²) in [7, 11) is 0. The van der Waals surface area contributed by atoms with Gasteiger partial charge < -0.3 is 4.42 Å². The molecule has 0 saturated heterocycles. The third-order valence-corrected chi connectivity index (χ3v) is 10.5. The Morgan fingerprint density at radius 3 is 1.66 bits per heavy atom. The molecule has 10 aromatic rings. The minimum Gasteiger partial charge on any atom is -0.456 e. The molecule has 0 bridgehead atoms. The topological polar surface area (TPSA) is 13.1 Å². The average Bonchev–Trinajstić information content (AvgIpc) is 3.64. The van der Waals surface area contributed by atoms with Gasteiger partial charge in [-0.2, -0.15) is 0 Å². The normalized spacial score (nSPS) is 12.1. The molecule has 1 nitrogen and oxygen atoms in total. The summed E-state index contributed by atoms with van der Waals surface area (Å²) in [5, 5.41) is 12.4. The lowest BCUT2D eigenvalue weighted by Gasteiger charge is -2.18. The van der Waals surface area contributed by atoms with Crippen molar-refractivity contribution in [3.8, 4) is 22.3 Å². The monoisotopic (exact) mass is 576 g/mol. The molecular weight excluding hydrogens is 553 g/mol. The Morgan fingerprint density at radius 1 is 0.386 bits per heavy atom. The van der Waals surface area contributed by atoms with E-state index in [1.807, 2.05) is 11.3 Å². The van der Waals surface area contributed by atoms with E-state index < -0.39 is 0 Å². The lowest BCUT2D eigenvalue weighted by atomic mass is 9.84. The van der Waals surface area contributed by atoms with Gasteiger partial charge in [-0.3, -0.25) is 0 Å². The number of fused-ring (bicyclic) bond motifs is 9. The van der Waals surface area contributed by atoms with Crippen LogP contribution in [0.1, 0.15) is 0 Å². The van der Waals surface area contributed by atoms with Crippen LogP contribution in [0.15, 0.2) is 150 Å². The second kappa shape index (κ2) is 9.03. The molecule has 2 heterocycles. The van der Waals surface area contributed by atoms with Crippen LogP contribution in [-0.2, 0) is 0 Å². The van der Waals surface area contributed by atoms with Crippen LogP contribution in [0, 0.1) is 0 Å². The summed E-state index contributed by atoms with van der Waals surface area (Å²) in [4.78, 5) is 0.